The number of hydrogen-bond acceptors (Lipinski definition) is 13. The van der Waals surface area contributed by atoms with Crippen LogP contribution in [0.25, 0.3) is 21.5 Å². The summed E-state index contributed by atoms with van der Waals surface area (Å²) in [6.45, 7) is 1.69. The van der Waals surface area contributed by atoms with Gasteiger partial charge in [-0.25, -0.2) is 0 Å². The summed E-state index contributed by atoms with van der Waals surface area (Å²) in [5.74, 6) is -0.494. The van der Waals surface area contributed by atoms with Crippen molar-refractivity contribution in [3.8, 4) is 0 Å². The molecule has 288 valence electrons. The Morgan fingerprint density at radius 1 is 0.536 bits per heavy atom. The second kappa shape index (κ2) is 14.7. The first-order chi connectivity index (χ1) is 26.1. The van der Waals surface area contributed by atoms with Crippen molar-refractivity contribution in [2.24, 2.45) is 20.5 Å². The average Bonchev–Trinajstić information content (AvgIpc) is 3.11. The predicted octanol–water partition coefficient (Wildman–Crippen LogP) is 7.37. The second-order valence-corrected chi connectivity index (χ2v) is 17.5. The van der Waals surface area contributed by atoms with Crippen molar-refractivity contribution in [3.05, 3.63) is 114 Å². The van der Waals surface area contributed by atoms with Gasteiger partial charge in [0, 0.05) is 22.0 Å². The van der Waals surface area contributed by atoms with Gasteiger partial charge in [-0.2, -0.15) is 49.0 Å². The van der Waals surface area contributed by atoms with E-state index in [4.69, 9.17) is 0 Å². The first kappa shape index (κ1) is 39.8. The molecule has 0 aliphatic rings. The van der Waals surface area contributed by atoms with Crippen LogP contribution in [0, 0.1) is 6.92 Å². The third-order valence-corrected chi connectivity index (χ3v) is 11.5. The fourth-order valence-corrected chi connectivity index (χ4v) is 8.16. The van der Waals surface area contributed by atoms with Crippen molar-refractivity contribution in [2.45, 2.75) is 26.5 Å². The molecule has 0 aliphatic carbocycles. The normalized spacial score (nSPS) is 12.9. The maximum absolute atomic E-state index is 13.0. The number of rotatable bonds is 10. The molecular weight excluding hydrogens is 815 g/mol. The van der Waals surface area contributed by atoms with Gasteiger partial charge in [0.15, 0.2) is 0 Å². The van der Waals surface area contributed by atoms with E-state index in [2.05, 4.69) is 25.8 Å². The summed E-state index contributed by atoms with van der Waals surface area (Å²) in [4.78, 5) is 9.97. The van der Waals surface area contributed by atoms with Gasteiger partial charge in [-0.3, -0.25) is 23.0 Å². The van der Waals surface area contributed by atoms with Crippen LogP contribution in [0.5, 0.6) is 0 Å². The van der Waals surface area contributed by atoms with Gasteiger partial charge in [0.1, 0.15) is 9.79 Å². The van der Waals surface area contributed by atoms with Gasteiger partial charge in [-0.1, -0.05) is 18.2 Å². The fraction of sp³-hybridized carbons (Fsp3) is 0.0294. The van der Waals surface area contributed by atoms with Crippen molar-refractivity contribution in [3.63, 3.8) is 0 Å². The molecule has 5 N–H and O–H groups in total. The molecule has 0 saturated heterocycles. The Bertz CT molecular complexity index is 3140. The molecule has 6 rings (SSSR count). The summed E-state index contributed by atoms with van der Waals surface area (Å²) in [5.41, 5.74) is 1.94. The summed E-state index contributed by atoms with van der Waals surface area (Å²) in [6.07, 6.45) is 0. The Hall–Kier alpha value is -5.85. The summed E-state index contributed by atoms with van der Waals surface area (Å²) < 4.78 is 133. The van der Waals surface area contributed by atoms with Crippen molar-refractivity contribution in [1.82, 2.24) is 0 Å². The Morgan fingerprint density at radius 3 is 1.71 bits per heavy atom. The van der Waals surface area contributed by atoms with Crippen LogP contribution in [-0.4, -0.2) is 57.8 Å². The number of carbonyl (C=O) groups is 1. The van der Waals surface area contributed by atoms with E-state index in [1.165, 1.54) is 60.7 Å². The van der Waals surface area contributed by atoms with Crippen molar-refractivity contribution in [1.29, 1.82) is 0 Å². The zero-order valence-electron chi connectivity index (χ0n) is 28.2. The predicted molar refractivity (Wildman–Crippen MR) is 201 cm³/mol. The van der Waals surface area contributed by atoms with E-state index in [1.807, 2.05) is 0 Å². The summed E-state index contributed by atoms with van der Waals surface area (Å²) in [7, 11) is -19.5. The lowest BCUT2D eigenvalue weighted by atomic mass is 10.1. The highest BCUT2D eigenvalue weighted by molar-refractivity contribution is 7.87. The highest BCUT2D eigenvalue weighted by atomic mass is 32.2. The molecule has 0 bridgehead atoms. The molecule has 18 nitrogen and oxygen atoms in total. The molecule has 1 amide bonds. The van der Waals surface area contributed by atoms with Crippen LogP contribution in [0.4, 0.5) is 28.4 Å². The zero-order chi connectivity index (χ0) is 40.8. The van der Waals surface area contributed by atoms with Crippen LogP contribution in [0.15, 0.2) is 143 Å². The first-order valence-electron chi connectivity index (χ1n) is 15.5. The maximum Gasteiger partial charge on any atom is 0.295 e. The van der Waals surface area contributed by atoms with E-state index in [0.29, 0.717) is 29.1 Å². The molecule has 22 heteroatoms. The molecule has 0 aliphatic heterocycles. The van der Waals surface area contributed by atoms with Gasteiger partial charge in [-0.15, -0.1) is 5.11 Å². The van der Waals surface area contributed by atoms with Crippen molar-refractivity contribution < 1.29 is 56.7 Å². The smallest absolute Gasteiger partial charge is 0.295 e. The molecule has 6 aromatic rings. The summed E-state index contributed by atoms with van der Waals surface area (Å²) in [5, 5.41) is 19.1. The van der Waals surface area contributed by atoms with Gasteiger partial charge in [0.25, 0.3) is 46.4 Å². The topological polar surface area (TPSA) is 296 Å². The highest BCUT2D eigenvalue weighted by Gasteiger charge is 2.23. The molecule has 0 radical (unpaired) electrons. The molecule has 0 heterocycles. The number of carbonyl (C=O) groups excluding carboxylic acids is 1. The van der Waals surface area contributed by atoms with Crippen molar-refractivity contribution >= 4 is 96.4 Å². The van der Waals surface area contributed by atoms with Crippen molar-refractivity contribution in [2.75, 3.05) is 5.32 Å². The second-order valence-electron chi connectivity index (χ2n) is 11.9. The molecule has 0 fully saturated rings. The molecule has 0 saturated carbocycles. The van der Waals surface area contributed by atoms with Crippen LogP contribution in [0.1, 0.15) is 15.9 Å². The molecule has 6 aromatic carbocycles. The fourth-order valence-electron chi connectivity index (χ4n) is 5.44. The molecule has 56 heavy (non-hydrogen) atoms. The third-order valence-electron chi connectivity index (χ3n) is 8.05. The van der Waals surface area contributed by atoms with Gasteiger partial charge >= 0.3 is 0 Å². The number of hydrogen-bond donors (Lipinski definition) is 5. The quantitative estimate of drug-likeness (QED) is 0.0665. The van der Waals surface area contributed by atoms with E-state index in [0.717, 1.165) is 12.1 Å². The molecule has 0 unspecified atom stereocenters. The van der Waals surface area contributed by atoms with Crippen LogP contribution in [-0.2, 0) is 40.5 Å². The number of benzene rings is 6. The van der Waals surface area contributed by atoms with Gasteiger partial charge in [0.05, 0.1) is 32.5 Å². The van der Waals surface area contributed by atoms with E-state index in [1.54, 1.807) is 25.1 Å². The van der Waals surface area contributed by atoms with Crippen LogP contribution < -0.4 is 5.32 Å². The monoisotopic (exact) mass is 839 g/mol. The Labute approximate surface area is 318 Å². The number of aryl methyl sites for hydroxylation is 1. The first-order valence-corrected chi connectivity index (χ1v) is 21.2. The lowest BCUT2D eigenvalue weighted by molar-refractivity contribution is 0.102. The summed E-state index contributed by atoms with van der Waals surface area (Å²) >= 11 is 0. The van der Waals surface area contributed by atoms with Gasteiger partial charge in [-0.05, 0) is 108 Å². The molecular formula is C34H25N5O13S4. The Morgan fingerprint density at radius 2 is 1.11 bits per heavy atom. The Kier molecular flexibility index (Phi) is 10.4. The molecule has 0 spiro atoms. The van der Waals surface area contributed by atoms with Crippen LogP contribution in [0.2, 0.25) is 0 Å². The number of fused-ring (bicyclic) bond motifs is 2. The molecule has 0 aromatic heterocycles. The minimum absolute atomic E-state index is 0.0329. The third kappa shape index (κ3) is 8.82. The lowest BCUT2D eigenvalue weighted by Gasteiger charge is -2.09. The zero-order valence-corrected chi connectivity index (χ0v) is 31.5. The van der Waals surface area contributed by atoms with Gasteiger partial charge in [0.2, 0.25) is 0 Å². The number of nitrogens with one attached hydrogen (secondary N) is 1. The van der Waals surface area contributed by atoms with E-state index < -0.39 is 66.0 Å². The van der Waals surface area contributed by atoms with E-state index in [9.17, 15) is 56.7 Å². The summed E-state index contributed by atoms with van der Waals surface area (Å²) in [6, 6.07) is 22.0. The lowest BCUT2D eigenvalue weighted by Crippen LogP contribution is -2.11. The highest BCUT2D eigenvalue weighted by Crippen LogP contribution is 2.36. The minimum atomic E-state index is -4.97. The molecule has 0 atom stereocenters. The van der Waals surface area contributed by atoms with Crippen LogP contribution >= 0.6 is 0 Å². The maximum atomic E-state index is 13.0. The standard InChI is InChI=1S/C34H25N5O13S4/c1-19-13-24(11-12-29(19)38-37-25-10-7-21-14-26(53(41,42)43)17-31(28(21)16-25)55(47,48)49)35-34(40)20-5-8-23(9-6-20)36-39-30-4-2-3-22-15-27(54(44,45)46)18-32(33(22)30)56(50,51)52/h2-18H,1H3,(H,35,40)(H,41,42,43)(H,44,45,46)(H,47,48,49)(H,50,51,52). The number of amides is 1. The number of anilines is 1. The van der Waals surface area contributed by atoms with E-state index in [-0.39, 0.29) is 44.2 Å². The number of azo groups is 2. The van der Waals surface area contributed by atoms with E-state index >= 15 is 0 Å². The average molecular weight is 840 g/mol. The van der Waals surface area contributed by atoms with Gasteiger partial charge < -0.3 is 5.32 Å². The number of nitrogens with zero attached hydrogens (tertiary/aromatic N) is 4. The SMILES string of the molecule is Cc1cc(NC(=O)c2ccc(N=Nc3cccc4cc(S(=O)(=O)O)cc(S(=O)(=O)O)c34)cc2)ccc1N=Nc1ccc2cc(S(=O)(=O)O)cc(S(=O)(=O)O)c2c1. The Balaban J connectivity index is 1.18. The largest absolute Gasteiger partial charge is 0.322 e. The van der Waals surface area contributed by atoms with Crippen LogP contribution in [0.3, 0.4) is 0 Å². The minimum Gasteiger partial charge on any atom is -0.322 e.